The fourth-order valence-electron chi connectivity index (χ4n) is 0.487. The van der Waals surface area contributed by atoms with Gasteiger partial charge in [-0.15, -0.1) is 11.3 Å². The minimum atomic E-state index is -2.34. The molecule has 0 fully saturated rings. The van der Waals surface area contributed by atoms with Crippen LogP contribution in [0.5, 0.6) is 0 Å². The van der Waals surface area contributed by atoms with Gasteiger partial charge in [-0.2, -0.15) is 0 Å². The molecule has 0 aromatic carbocycles. The van der Waals surface area contributed by atoms with Gasteiger partial charge in [-0.25, -0.2) is 13.4 Å². The van der Waals surface area contributed by atoms with Crippen molar-refractivity contribution in [1.29, 1.82) is 0 Å². The first-order valence-electron chi connectivity index (χ1n) is 2.40. The summed E-state index contributed by atoms with van der Waals surface area (Å²) < 4.78 is 21.1. The first kappa shape index (κ1) is 8.16. The van der Waals surface area contributed by atoms with E-state index >= 15 is 0 Å². The number of halogens is 1. The van der Waals surface area contributed by atoms with E-state index in [9.17, 15) is 8.42 Å². The van der Waals surface area contributed by atoms with Crippen molar-refractivity contribution in [3.63, 3.8) is 0 Å². The highest BCUT2D eigenvalue weighted by Gasteiger charge is 1.98. The number of nitrogens with zero attached hydrogens (tertiary/aromatic N) is 1. The van der Waals surface area contributed by atoms with Crippen molar-refractivity contribution in [2.75, 3.05) is 0 Å². The smallest absolute Gasteiger partial charge is 0.159 e. The van der Waals surface area contributed by atoms with Crippen molar-refractivity contribution in [3.8, 4) is 0 Å². The summed E-state index contributed by atoms with van der Waals surface area (Å²) in [4.78, 5) is 3.90. The molecule has 0 N–H and O–H groups in total. The summed E-state index contributed by atoms with van der Waals surface area (Å²) in [5, 5.41) is 1.72. The van der Waals surface area contributed by atoms with Crippen LogP contribution in [0.2, 0.25) is 0 Å². The standard InChI is InChI=1S/C4H4BrNO2S2/c5-4-6-3(1-9-4)2-10(7)8/h1,10H,2H2. The highest BCUT2D eigenvalue weighted by atomic mass is 79.9. The normalized spacial score (nSPS) is 10.6. The summed E-state index contributed by atoms with van der Waals surface area (Å²) >= 11 is 4.52. The van der Waals surface area contributed by atoms with Gasteiger partial charge in [0.05, 0.1) is 11.4 Å². The SMILES string of the molecule is O=[SH](=O)Cc1csc(Br)n1. The zero-order valence-electron chi connectivity index (χ0n) is 4.78. The average Bonchev–Trinajstić information content (AvgIpc) is 2.13. The fourth-order valence-corrected chi connectivity index (χ4v) is 2.08. The Morgan fingerprint density at radius 2 is 2.40 bits per heavy atom. The third kappa shape index (κ3) is 2.36. The van der Waals surface area contributed by atoms with E-state index in [-0.39, 0.29) is 5.75 Å². The molecule has 0 aliphatic carbocycles. The van der Waals surface area contributed by atoms with Gasteiger partial charge in [0.1, 0.15) is 10.7 Å². The maximum atomic E-state index is 10.2. The molecule has 6 heteroatoms. The second kappa shape index (κ2) is 3.45. The molecule has 0 radical (unpaired) electrons. The predicted molar refractivity (Wildman–Crippen MR) is 43.8 cm³/mol. The third-order valence-electron chi connectivity index (χ3n) is 0.815. The van der Waals surface area contributed by atoms with E-state index in [2.05, 4.69) is 20.9 Å². The summed E-state index contributed by atoms with van der Waals surface area (Å²) in [6.07, 6.45) is 0. The van der Waals surface area contributed by atoms with Gasteiger partial charge in [0.15, 0.2) is 3.92 Å². The molecular weight excluding hydrogens is 238 g/mol. The maximum absolute atomic E-state index is 10.2. The Hall–Kier alpha value is 0.0600. The molecule has 1 aromatic heterocycles. The monoisotopic (exact) mass is 241 g/mol. The van der Waals surface area contributed by atoms with Crippen LogP contribution in [-0.2, 0) is 16.5 Å². The minimum Gasteiger partial charge on any atom is -0.233 e. The Morgan fingerprint density at radius 3 is 2.80 bits per heavy atom. The van der Waals surface area contributed by atoms with Crippen molar-refractivity contribution in [2.24, 2.45) is 0 Å². The molecule has 0 saturated heterocycles. The first-order chi connectivity index (χ1) is 4.68. The van der Waals surface area contributed by atoms with Crippen molar-refractivity contribution >= 4 is 38.0 Å². The Balaban J connectivity index is 2.76. The number of hydrogen-bond acceptors (Lipinski definition) is 4. The number of hydrogen-bond donors (Lipinski definition) is 1. The average molecular weight is 242 g/mol. The van der Waals surface area contributed by atoms with Crippen LogP contribution in [0.25, 0.3) is 0 Å². The summed E-state index contributed by atoms with van der Waals surface area (Å²) in [6.45, 7) is 0. The zero-order chi connectivity index (χ0) is 7.56. The van der Waals surface area contributed by atoms with Crippen LogP contribution in [0.15, 0.2) is 9.30 Å². The number of thiazole rings is 1. The molecule has 1 heterocycles. The highest BCUT2D eigenvalue weighted by Crippen LogP contribution is 2.15. The van der Waals surface area contributed by atoms with E-state index in [1.165, 1.54) is 11.3 Å². The van der Waals surface area contributed by atoms with Gasteiger partial charge in [-0.1, -0.05) is 0 Å². The molecule has 1 aromatic rings. The van der Waals surface area contributed by atoms with E-state index in [1.54, 1.807) is 5.38 Å². The molecule has 0 amide bonds. The third-order valence-corrected chi connectivity index (χ3v) is 2.81. The molecule has 0 spiro atoms. The number of aromatic nitrogens is 1. The summed E-state index contributed by atoms with van der Waals surface area (Å²) in [5.74, 6) is 0.0391. The van der Waals surface area contributed by atoms with E-state index in [1.807, 2.05) is 0 Å². The van der Waals surface area contributed by atoms with E-state index in [4.69, 9.17) is 0 Å². The van der Waals surface area contributed by atoms with Crippen molar-refractivity contribution in [2.45, 2.75) is 5.75 Å². The Kier molecular flexibility index (Phi) is 2.82. The van der Waals surface area contributed by atoms with E-state index in [0.29, 0.717) is 5.69 Å². The lowest BCUT2D eigenvalue weighted by atomic mass is 10.6. The molecule has 56 valence electrons. The lowest BCUT2D eigenvalue weighted by Gasteiger charge is -1.80. The van der Waals surface area contributed by atoms with Gasteiger partial charge in [0.2, 0.25) is 0 Å². The Bertz CT molecular complexity index is 285. The van der Waals surface area contributed by atoms with Gasteiger partial charge < -0.3 is 0 Å². The zero-order valence-corrected chi connectivity index (χ0v) is 8.08. The molecule has 10 heavy (non-hydrogen) atoms. The topological polar surface area (TPSA) is 47.0 Å². The quantitative estimate of drug-likeness (QED) is 0.787. The lowest BCUT2D eigenvalue weighted by molar-refractivity contribution is 0.613. The predicted octanol–water partition coefficient (Wildman–Crippen LogP) is 1.02. The van der Waals surface area contributed by atoms with Gasteiger partial charge in [-0.05, 0) is 15.9 Å². The second-order valence-corrected chi connectivity index (χ2v) is 4.70. The second-order valence-electron chi connectivity index (χ2n) is 1.58. The van der Waals surface area contributed by atoms with Crippen molar-refractivity contribution in [1.82, 2.24) is 4.98 Å². The molecule has 0 saturated carbocycles. The lowest BCUT2D eigenvalue weighted by Crippen LogP contribution is -1.84. The molecule has 1 rings (SSSR count). The van der Waals surface area contributed by atoms with Gasteiger partial charge in [0, 0.05) is 5.38 Å². The van der Waals surface area contributed by atoms with E-state index in [0.717, 1.165) is 3.92 Å². The van der Waals surface area contributed by atoms with Crippen LogP contribution < -0.4 is 0 Å². The van der Waals surface area contributed by atoms with Gasteiger partial charge >= 0.3 is 0 Å². The van der Waals surface area contributed by atoms with Gasteiger partial charge in [-0.3, -0.25) is 0 Å². The van der Waals surface area contributed by atoms with Crippen LogP contribution >= 0.6 is 27.3 Å². The van der Waals surface area contributed by atoms with Crippen LogP contribution in [0.1, 0.15) is 5.69 Å². The number of rotatable bonds is 2. The van der Waals surface area contributed by atoms with Crippen molar-refractivity contribution in [3.05, 3.63) is 15.0 Å². The maximum Gasteiger partial charge on any atom is 0.159 e. The molecule has 0 aliphatic rings. The van der Waals surface area contributed by atoms with Crippen LogP contribution in [0, 0.1) is 0 Å². The van der Waals surface area contributed by atoms with E-state index < -0.39 is 10.7 Å². The largest absolute Gasteiger partial charge is 0.233 e. The van der Waals surface area contributed by atoms with Crippen LogP contribution in [0.3, 0.4) is 0 Å². The minimum absolute atomic E-state index is 0.0391. The molecule has 0 atom stereocenters. The Labute approximate surface area is 72.2 Å². The van der Waals surface area contributed by atoms with Crippen molar-refractivity contribution < 1.29 is 8.42 Å². The van der Waals surface area contributed by atoms with Gasteiger partial charge in [0.25, 0.3) is 0 Å². The Morgan fingerprint density at radius 1 is 1.70 bits per heavy atom. The summed E-state index contributed by atoms with van der Waals surface area (Å²) in [6, 6.07) is 0. The fraction of sp³-hybridized carbons (Fsp3) is 0.250. The molecule has 0 aliphatic heterocycles. The summed E-state index contributed by atoms with van der Waals surface area (Å²) in [7, 11) is -2.34. The molecule has 3 nitrogen and oxygen atoms in total. The highest BCUT2D eigenvalue weighted by molar-refractivity contribution is 9.11. The van der Waals surface area contributed by atoms with Crippen LogP contribution in [0.4, 0.5) is 0 Å². The molecule has 0 unspecified atom stereocenters. The van der Waals surface area contributed by atoms with Crippen LogP contribution in [-0.4, -0.2) is 13.4 Å². The molecule has 0 bridgehead atoms. The molecular formula is C4H4BrNO2S2. The first-order valence-corrected chi connectivity index (χ1v) is 5.44. The number of thiol groups is 1. The summed E-state index contributed by atoms with van der Waals surface area (Å²) in [5.41, 5.74) is 0.605.